The lowest BCUT2D eigenvalue weighted by atomic mass is 10.2. The summed E-state index contributed by atoms with van der Waals surface area (Å²) in [6.45, 7) is 1.84. The topological polar surface area (TPSA) is 73.1 Å². The molecule has 1 saturated carbocycles. The predicted molar refractivity (Wildman–Crippen MR) is 63.6 cm³/mol. The maximum Gasteiger partial charge on any atom is 0.242 e. The molecule has 0 radical (unpaired) electrons. The number of nitrogen functional groups attached to an aromatic ring is 1. The van der Waals surface area contributed by atoms with Crippen LogP contribution in [0.2, 0.25) is 0 Å². The first kappa shape index (κ1) is 11.0. The Labute approximate surface area is 95.4 Å². The molecule has 0 amide bonds. The number of hydrogen-bond donors (Lipinski definition) is 2. The Bertz CT molecular complexity index is 374. The van der Waals surface area contributed by atoms with Gasteiger partial charge in [-0.2, -0.15) is 4.98 Å². The zero-order valence-electron chi connectivity index (χ0n) is 9.79. The second-order valence-electron chi connectivity index (χ2n) is 4.17. The summed E-state index contributed by atoms with van der Waals surface area (Å²) in [5.74, 6) is 1.83. The van der Waals surface area contributed by atoms with Crippen molar-refractivity contribution in [2.45, 2.75) is 38.6 Å². The summed E-state index contributed by atoms with van der Waals surface area (Å²) < 4.78 is 5.11. The second kappa shape index (κ2) is 4.55. The van der Waals surface area contributed by atoms with Crippen LogP contribution in [-0.4, -0.2) is 23.1 Å². The van der Waals surface area contributed by atoms with Gasteiger partial charge in [-0.15, -0.1) is 0 Å². The van der Waals surface area contributed by atoms with Gasteiger partial charge in [0, 0.05) is 6.04 Å². The summed E-state index contributed by atoms with van der Waals surface area (Å²) in [7, 11) is 1.57. The number of methoxy groups -OCH3 is 1. The van der Waals surface area contributed by atoms with Gasteiger partial charge in [-0.3, -0.25) is 0 Å². The maximum atomic E-state index is 5.93. The molecular formula is C11H18N4O. The minimum atomic E-state index is 0.452. The van der Waals surface area contributed by atoms with Gasteiger partial charge in [-0.1, -0.05) is 12.8 Å². The molecule has 1 heterocycles. The summed E-state index contributed by atoms with van der Waals surface area (Å²) in [6, 6.07) is 0.487. The molecule has 0 spiro atoms. The minimum Gasteiger partial charge on any atom is -0.479 e. The molecule has 0 saturated heterocycles. The fourth-order valence-electron chi connectivity index (χ4n) is 2.08. The molecule has 1 aromatic rings. The lowest BCUT2D eigenvalue weighted by molar-refractivity contribution is 0.398. The van der Waals surface area contributed by atoms with E-state index in [0.29, 0.717) is 29.3 Å². The number of nitrogens with two attached hydrogens (primary N) is 1. The van der Waals surface area contributed by atoms with E-state index in [4.69, 9.17) is 10.5 Å². The highest BCUT2D eigenvalue weighted by atomic mass is 16.5. The predicted octanol–water partition coefficient (Wildman–Crippen LogP) is 1.73. The molecule has 0 aliphatic heterocycles. The van der Waals surface area contributed by atoms with Crippen LogP contribution in [0, 0.1) is 6.92 Å². The van der Waals surface area contributed by atoms with Crippen LogP contribution >= 0.6 is 0 Å². The van der Waals surface area contributed by atoms with E-state index in [1.54, 1.807) is 7.11 Å². The van der Waals surface area contributed by atoms with E-state index in [1.165, 1.54) is 25.7 Å². The Morgan fingerprint density at radius 3 is 2.62 bits per heavy atom. The van der Waals surface area contributed by atoms with Crippen molar-refractivity contribution in [1.82, 2.24) is 9.97 Å². The van der Waals surface area contributed by atoms with Crippen molar-refractivity contribution in [3.63, 3.8) is 0 Å². The number of nitrogens with one attached hydrogen (secondary N) is 1. The van der Waals surface area contributed by atoms with Crippen molar-refractivity contribution < 1.29 is 4.74 Å². The maximum absolute atomic E-state index is 5.93. The number of rotatable bonds is 3. The van der Waals surface area contributed by atoms with Crippen LogP contribution in [0.3, 0.4) is 0 Å². The molecule has 0 aromatic carbocycles. The normalized spacial score (nSPS) is 16.4. The fourth-order valence-corrected chi connectivity index (χ4v) is 2.08. The monoisotopic (exact) mass is 222 g/mol. The first-order chi connectivity index (χ1) is 7.70. The van der Waals surface area contributed by atoms with E-state index >= 15 is 0 Å². The highest BCUT2D eigenvalue weighted by molar-refractivity contribution is 5.67. The van der Waals surface area contributed by atoms with Crippen molar-refractivity contribution in [3.8, 4) is 5.88 Å². The lowest BCUT2D eigenvalue weighted by Crippen LogP contribution is -2.18. The van der Waals surface area contributed by atoms with Gasteiger partial charge in [-0.25, -0.2) is 4.98 Å². The SMILES string of the molecule is COc1nc(C)nc(NC2CCCC2)c1N. The number of nitrogens with zero attached hydrogens (tertiary/aromatic N) is 2. The quantitative estimate of drug-likeness (QED) is 0.814. The fraction of sp³-hybridized carbons (Fsp3) is 0.636. The van der Waals surface area contributed by atoms with Gasteiger partial charge in [0.2, 0.25) is 5.88 Å². The van der Waals surface area contributed by atoms with Crippen molar-refractivity contribution in [2.24, 2.45) is 0 Å². The van der Waals surface area contributed by atoms with Crippen molar-refractivity contribution in [3.05, 3.63) is 5.82 Å². The first-order valence-electron chi connectivity index (χ1n) is 5.65. The summed E-state index contributed by atoms with van der Waals surface area (Å²) in [4.78, 5) is 8.45. The van der Waals surface area contributed by atoms with E-state index in [0.717, 1.165) is 0 Å². The molecule has 5 nitrogen and oxygen atoms in total. The molecule has 0 unspecified atom stereocenters. The summed E-state index contributed by atoms with van der Waals surface area (Å²) in [5.41, 5.74) is 6.43. The van der Waals surface area contributed by atoms with E-state index in [1.807, 2.05) is 6.92 Å². The Morgan fingerprint density at radius 2 is 2.00 bits per heavy atom. The molecule has 5 heteroatoms. The van der Waals surface area contributed by atoms with Crippen molar-refractivity contribution in [2.75, 3.05) is 18.2 Å². The number of anilines is 2. The van der Waals surface area contributed by atoms with E-state index in [2.05, 4.69) is 15.3 Å². The van der Waals surface area contributed by atoms with Crippen LogP contribution in [-0.2, 0) is 0 Å². The van der Waals surface area contributed by atoms with E-state index in [9.17, 15) is 0 Å². The highest BCUT2D eigenvalue weighted by Crippen LogP contribution is 2.29. The molecule has 3 N–H and O–H groups in total. The van der Waals surface area contributed by atoms with Crippen molar-refractivity contribution >= 4 is 11.5 Å². The Kier molecular flexibility index (Phi) is 3.12. The van der Waals surface area contributed by atoms with Crippen LogP contribution in [0.25, 0.3) is 0 Å². The van der Waals surface area contributed by atoms with E-state index < -0.39 is 0 Å². The number of aromatic nitrogens is 2. The Balaban J connectivity index is 2.21. The Hall–Kier alpha value is -1.52. The van der Waals surface area contributed by atoms with Crippen LogP contribution < -0.4 is 15.8 Å². The average Bonchev–Trinajstić information content (AvgIpc) is 2.75. The van der Waals surface area contributed by atoms with Crippen molar-refractivity contribution in [1.29, 1.82) is 0 Å². The van der Waals surface area contributed by atoms with E-state index in [-0.39, 0.29) is 0 Å². The molecule has 88 valence electrons. The van der Waals surface area contributed by atoms with Crippen LogP contribution in [0.4, 0.5) is 11.5 Å². The smallest absolute Gasteiger partial charge is 0.242 e. The molecule has 1 aromatic heterocycles. The molecule has 16 heavy (non-hydrogen) atoms. The molecule has 1 fully saturated rings. The highest BCUT2D eigenvalue weighted by Gasteiger charge is 2.18. The van der Waals surface area contributed by atoms with Gasteiger partial charge >= 0.3 is 0 Å². The summed E-state index contributed by atoms with van der Waals surface area (Å²) in [6.07, 6.45) is 4.92. The number of ether oxygens (including phenoxy) is 1. The lowest BCUT2D eigenvalue weighted by Gasteiger charge is -2.15. The largest absolute Gasteiger partial charge is 0.479 e. The third-order valence-corrected chi connectivity index (χ3v) is 2.91. The first-order valence-corrected chi connectivity index (χ1v) is 5.65. The van der Waals surface area contributed by atoms with Gasteiger partial charge in [0.25, 0.3) is 0 Å². The zero-order chi connectivity index (χ0) is 11.5. The van der Waals surface area contributed by atoms with Crippen LogP contribution in [0.5, 0.6) is 5.88 Å². The molecule has 0 atom stereocenters. The third-order valence-electron chi connectivity index (χ3n) is 2.91. The Morgan fingerprint density at radius 1 is 1.31 bits per heavy atom. The zero-order valence-corrected chi connectivity index (χ0v) is 9.79. The summed E-state index contributed by atoms with van der Waals surface area (Å²) >= 11 is 0. The number of hydrogen-bond acceptors (Lipinski definition) is 5. The second-order valence-corrected chi connectivity index (χ2v) is 4.17. The van der Waals surface area contributed by atoms with Crippen LogP contribution in [0.15, 0.2) is 0 Å². The van der Waals surface area contributed by atoms with Gasteiger partial charge in [0.15, 0.2) is 5.82 Å². The van der Waals surface area contributed by atoms with Crippen LogP contribution in [0.1, 0.15) is 31.5 Å². The molecule has 1 aliphatic carbocycles. The number of aryl methyl sites for hydroxylation is 1. The standard InChI is InChI=1S/C11H18N4O/c1-7-13-10(9(12)11(14-7)16-2)15-8-5-3-4-6-8/h8H,3-6,12H2,1-2H3,(H,13,14,15). The minimum absolute atomic E-state index is 0.452. The third kappa shape index (κ3) is 2.18. The average molecular weight is 222 g/mol. The molecule has 1 aliphatic rings. The van der Waals surface area contributed by atoms with Gasteiger partial charge in [0.1, 0.15) is 11.5 Å². The van der Waals surface area contributed by atoms with Gasteiger partial charge in [-0.05, 0) is 19.8 Å². The van der Waals surface area contributed by atoms with Gasteiger partial charge in [0.05, 0.1) is 7.11 Å². The molecule has 0 bridgehead atoms. The molecule has 2 rings (SSSR count). The van der Waals surface area contributed by atoms with Gasteiger partial charge < -0.3 is 15.8 Å². The summed E-state index contributed by atoms with van der Waals surface area (Å²) in [5, 5.41) is 3.37. The molecular weight excluding hydrogens is 204 g/mol.